The Labute approximate surface area is 223 Å². The normalized spacial score (nSPS) is 13.1. The number of rotatable bonds is 4. The largest absolute Gasteiger partial charge is 0.388 e. The molecule has 0 N–H and O–H groups in total. The highest BCUT2D eigenvalue weighted by molar-refractivity contribution is 7.02. The lowest BCUT2D eigenvalue weighted by Gasteiger charge is -2.33. The highest BCUT2D eigenvalue weighted by Gasteiger charge is 2.42. The van der Waals surface area contributed by atoms with Gasteiger partial charge >= 0.3 is 6.18 Å². The Morgan fingerprint density at radius 3 is 1.47 bits per heavy atom. The molecule has 6 rings (SSSR count). The summed E-state index contributed by atoms with van der Waals surface area (Å²) in [7, 11) is -2.72. The third-order valence-corrected chi connectivity index (χ3v) is 12.4. The molecule has 0 fully saturated rings. The quantitative estimate of drug-likeness (QED) is 0.199. The van der Waals surface area contributed by atoms with Gasteiger partial charge in [-0.05, 0) is 63.4 Å². The van der Waals surface area contributed by atoms with Crippen LogP contribution < -0.4 is 10.4 Å². The Balaban J connectivity index is 0.00000152. The Morgan fingerprint density at radius 1 is 0.611 bits per heavy atom. The predicted octanol–water partition coefficient (Wildman–Crippen LogP) is 7.82. The van der Waals surface area contributed by atoms with Gasteiger partial charge in [-0.25, -0.2) is 0 Å². The van der Waals surface area contributed by atoms with Crippen LogP contribution >= 0.6 is 24.8 Å². The van der Waals surface area contributed by atoms with Crippen LogP contribution in [-0.4, -0.2) is 14.3 Å². The van der Waals surface area contributed by atoms with Gasteiger partial charge in [0.2, 0.25) is 0 Å². The average molecular weight is 544 g/mol. The summed E-state index contributed by atoms with van der Waals surface area (Å²) in [6.07, 6.45) is -3.32. The summed E-state index contributed by atoms with van der Waals surface area (Å²) in [4.78, 5) is 0. The monoisotopic (exact) mass is 542 g/mol. The smallest absolute Gasteiger partial charge is 0.171 e. The first-order chi connectivity index (χ1) is 16.4. The van der Waals surface area contributed by atoms with Crippen LogP contribution in [0, 0.1) is 0 Å². The number of halogens is 5. The Bertz CT molecular complexity index is 1330. The molecule has 0 heterocycles. The van der Waals surface area contributed by atoms with Gasteiger partial charge in [0.25, 0.3) is 0 Å². The maximum Gasteiger partial charge on any atom is 0.388 e. The maximum atomic E-state index is 13.6. The van der Waals surface area contributed by atoms with E-state index in [4.69, 9.17) is 0 Å². The molecule has 0 aromatic heterocycles. The zero-order valence-corrected chi connectivity index (χ0v) is 22.5. The molecule has 0 nitrogen and oxygen atoms in total. The van der Waals surface area contributed by atoms with Crippen molar-refractivity contribution >= 4 is 43.3 Å². The number of hydrogen-bond acceptors (Lipinski definition) is 0. The van der Waals surface area contributed by atoms with E-state index in [0.717, 1.165) is 23.2 Å². The third kappa shape index (κ3) is 4.29. The van der Waals surface area contributed by atoms with E-state index in [0.29, 0.717) is 0 Å². The van der Waals surface area contributed by atoms with E-state index in [2.05, 4.69) is 55.1 Å². The predicted molar refractivity (Wildman–Crippen MR) is 150 cm³/mol. The summed E-state index contributed by atoms with van der Waals surface area (Å²) >= 11 is 0. The van der Waals surface area contributed by atoms with Gasteiger partial charge in [0.1, 0.15) is 8.07 Å². The first-order valence-corrected chi connectivity index (χ1v) is 14.5. The molecule has 4 aromatic carbocycles. The van der Waals surface area contributed by atoms with Crippen molar-refractivity contribution in [3.8, 4) is 22.3 Å². The average Bonchev–Trinajstić information content (AvgIpc) is 3.40. The molecule has 0 radical (unpaired) electrons. The van der Waals surface area contributed by atoms with Crippen LogP contribution in [0.2, 0.25) is 12.6 Å². The van der Waals surface area contributed by atoms with Gasteiger partial charge in [-0.3, -0.25) is 0 Å². The van der Waals surface area contributed by atoms with Gasteiger partial charge < -0.3 is 0 Å². The molecule has 0 saturated heterocycles. The van der Waals surface area contributed by atoms with Crippen LogP contribution in [0.15, 0.2) is 84.9 Å². The topological polar surface area (TPSA) is 0 Å². The number of alkyl halides is 3. The van der Waals surface area contributed by atoms with Crippen LogP contribution in [0.4, 0.5) is 13.2 Å². The molecule has 0 bridgehead atoms. The van der Waals surface area contributed by atoms with Crippen LogP contribution in [-0.2, 0) is 12.8 Å². The van der Waals surface area contributed by atoms with Gasteiger partial charge in [0, 0.05) is 6.42 Å². The van der Waals surface area contributed by atoms with Gasteiger partial charge in [-0.2, -0.15) is 13.2 Å². The number of fused-ring (bicyclic) bond motifs is 6. The SMILES string of the molecule is C[Si](CCC(F)(F)F)(c1cccc2c1Cc1ccccc1-2)c1cccc2c1Cc1ccccc1-2.Cl.Cl. The van der Waals surface area contributed by atoms with Crippen LogP contribution in [0.25, 0.3) is 22.3 Å². The van der Waals surface area contributed by atoms with Crippen LogP contribution in [0.1, 0.15) is 28.7 Å². The molecule has 4 aromatic rings. The second kappa shape index (κ2) is 9.73. The fourth-order valence-corrected chi connectivity index (χ4v) is 10.5. The number of hydrogen-bond donors (Lipinski definition) is 0. The summed E-state index contributed by atoms with van der Waals surface area (Å²) in [6.45, 7) is 2.16. The molecule has 0 aliphatic heterocycles. The van der Waals surface area contributed by atoms with Crippen molar-refractivity contribution in [2.45, 2.75) is 38.0 Å². The summed E-state index contributed by atoms with van der Waals surface area (Å²) in [5, 5.41) is 2.32. The van der Waals surface area contributed by atoms with Crippen molar-refractivity contribution in [1.82, 2.24) is 0 Å². The molecule has 0 atom stereocenters. The maximum absolute atomic E-state index is 13.6. The van der Waals surface area contributed by atoms with E-state index in [1.54, 1.807) is 0 Å². The minimum Gasteiger partial charge on any atom is -0.171 e. The van der Waals surface area contributed by atoms with E-state index in [9.17, 15) is 13.2 Å². The highest BCUT2D eigenvalue weighted by Crippen LogP contribution is 2.40. The summed E-state index contributed by atoms with van der Waals surface area (Å²) in [5.74, 6) is 0. The number of benzene rings is 4. The second-order valence-electron chi connectivity index (χ2n) is 9.78. The molecule has 0 amide bonds. The Kier molecular flexibility index (Phi) is 7.17. The Morgan fingerprint density at radius 2 is 1.03 bits per heavy atom. The molecule has 0 saturated carbocycles. The molecule has 0 unspecified atom stereocenters. The van der Waals surface area contributed by atoms with E-state index < -0.39 is 20.7 Å². The third-order valence-electron chi connectivity index (χ3n) is 7.80. The second-order valence-corrected chi connectivity index (χ2v) is 14.0. The molecule has 186 valence electrons. The lowest BCUT2D eigenvalue weighted by molar-refractivity contribution is -0.130. The standard InChI is InChI=1S/C30H25F3Si.2ClH/c1-34(17-16-30(31,32)33,28-14-6-12-24-22-10-4-2-8-20(22)18-26(24)28)29-15-7-13-25-23-11-5-3-9-21(23)19-27(25)29;;/h2-15H,16-19H2,1H3;2*1H. The van der Waals surface area contributed by atoms with Crippen molar-refractivity contribution in [1.29, 1.82) is 0 Å². The molecule has 6 heteroatoms. The molecule has 0 spiro atoms. The van der Waals surface area contributed by atoms with Crippen molar-refractivity contribution in [2.75, 3.05) is 0 Å². The van der Waals surface area contributed by atoms with Crippen molar-refractivity contribution in [2.24, 2.45) is 0 Å². The highest BCUT2D eigenvalue weighted by atomic mass is 35.5. The molecule has 36 heavy (non-hydrogen) atoms. The molecule has 2 aliphatic carbocycles. The Hall–Kier alpha value is -2.53. The minimum atomic E-state index is -4.17. The van der Waals surface area contributed by atoms with Gasteiger partial charge in [0.15, 0.2) is 0 Å². The van der Waals surface area contributed by atoms with E-state index in [1.165, 1.54) is 44.5 Å². The van der Waals surface area contributed by atoms with Crippen molar-refractivity contribution in [3.63, 3.8) is 0 Å². The fraction of sp³-hybridized carbons (Fsp3) is 0.200. The van der Waals surface area contributed by atoms with E-state index in [1.807, 2.05) is 36.4 Å². The molecule has 2 aliphatic rings. The lowest BCUT2D eigenvalue weighted by Crippen LogP contribution is -2.58. The van der Waals surface area contributed by atoms with E-state index >= 15 is 0 Å². The lowest BCUT2D eigenvalue weighted by atomic mass is 10.1. The zero-order chi connectivity index (χ0) is 23.5. The summed E-state index contributed by atoms with van der Waals surface area (Å²) in [6, 6.07) is 29.5. The first kappa shape index (κ1) is 26.5. The van der Waals surface area contributed by atoms with Gasteiger partial charge in [0.05, 0.1) is 0 Å². The summed E-state index contributed by atoms with van der Waals surface area (Å²) < 4.78 is 40.9. The van der Waals surface area contributed by atoms with Crippen molar-refractivity contribution < 1.29 is 13.2 Å². The minimum absolute atomic E-state index is 0. The van der Waals surface area contributed by atoms with Gasteiger partial charge in [-0.15, -0.1) is 24.8 Å². The fourth-order valence-electron chi connectivity index (χ4n) is 6.15. The van der Waals surface area contributed by atoms with E-state index in [-0.39, 0.29) is 30.9 Å². The molecular formula is C30H27Cl2F3Si. The van der Waals surface area contributed by atoms with Gasteiger partial charge in [-0.1, -0.05) is 102 Å². The zero-order valence-electron chi connectivity index (χ0n) is 19.9. The molecular weight excluding hydrogens is 516 g/mol. The van der Waals surface area contributed by atoms with Crippen LogP contribution in [0.5, 0.6) is 0 Å². The first-order valence-electron chi connectivity index (χ1n) is 11.8. The van der Waals surface area contributed by atoms with Crippen LogP contribution in [0.3, 0.4) is 0 Å². The van der Waals surface area contributed by atoms with Crippen molar-refractivity contribution in [3.05, 3.63) is 107 Å². The summed E-state index contributed by atoms with van der Waals surface area (Å²) in [5.41, 5.74) is 9.81.